The maximum absolute atomic E-state index is 11.6. The van der Waals surface area contributed by atoms with Gasteiger partial charge >= 0.3 is 0 Å². The number of H-pyrrole nitrogens is 1. The second-order valence-electron chi connectivity index (χ2n) is 3.77. The molecule has 0 fully saturated rings. The summed E-state index contributed by atoms with van der Waals surface area (Å²) in [5.74, 6) is -0.0247. The number of aromatic nitrogens is 3. The Kier molecular flexibility index (Phi) is 2.09. The lowest BCUT2D eigenvalue weighted by Gasteiger charge is -1.95. The minimum absolute atomic E-state index is 0.304. The molecule has 0 spiro atoms. The maximum Gasteiger partial charge on any atom is 0.254 e. The van der Waals surface area contributed by atoms with Gasteiger partial charge < -0.3 is 10.2 Å². The number of fused-ring (bicyclic) bond motifs is 1. The summed E-state index contributed by atoms with van der Waals surface area (Å²) in [5, 5.41) is 3.01. The minimum Gasteiger partial charge on any atom is -0.463 e. The molecule has 3 rings (SSSR count). The van der Waals surface area contributed by atoms with Crippen molar-refractivity contribution in [3.05, 3.63) is 42.4 Å². The van der Waals surface area contributed by atoms with E-state index in [-0.39, 0.29) is 0 Å². The first kappa shape index (κ1) is 10.4. The van der Waals surface area contributed by atoms with Crippen LogP contribution >= 0.6 is 0 Å². The largest absolute Gasteiger partial charge is 0.463 e. The molecule has 6 heteroatoms. The third-order valence-electron chi connectivity index (χ3n) is 2.65. The molecule has 1 amide bonds. The van der Waals surface area contributed by atoms with E-state index in [1.807, 2.05) is 0 Å². The summed E-state index contributed by atoms with van der Waals surface area (Å²) >= 11 is 0. The standard InChI is InChI=1S/C12H10N4O2/c1-2-7-6-16-12(14-7)9(11(13)17)10(15-16)8-4-3-5-18-8/h2-6,15H,1H2,(H2,13,17). The van der Waals surface area contributed by atoms with E-state index in [0.717, 1.165) is 0 Å². The average molecular weight is 242 g/mol. The first-order valence-corrected chi connectivity index (χ1v) is 5.28. The summed E-state index contributed by atoms with van der Waals surface area (Å²) in [4.78, 5) is 15.8. The fourth-order valence-corrected chi connectivity index (χ4v) is 1.88. The van der Waals surface area contributed by atoms with E-state index in [0.29, 0.717) is 28.4 Å². The van der Waals surface area contributed by atoms with Crippen LogP contribution in [0.5, 0.6) is 0 Å². The summed E-state index contributed by atoms with van der Waals surface area (Å²) in [7, 11) is 0. The second-order valence-corrected chi connectivity index (χ2v) is 3.77. The molecule has 18 heavy (non-hydrogen) atoms. The highest BCUT2D eigenvalue weighted by molar-refractivity contribution is 6.04. The molecular weight excluding hydrogens is 232 g/mol. The first-order valence-electron chi connectivity index (χ1n) is 5.28. The SMILES string of the molecule is C=Cc1cn2[nH]c(-c3ccco3)c(C(N)=O)c2n1. The van der Waals surface area contributed by atoms with Crippen LogP contribution in [0.3, 0.4) is 0 Å². The molecule has 0 aliphatic rings. The molecule has 3 aromatic heterocycles. The number of nitrogens with zero attached hydrogens (tertiary/aromatic N) is 2. The van der Waals surface area contributed by atoms with Crippen LogP contribution in [0.2, 0.25) is 0 Å². The van der Waals surface area contributed by atoms with Crippen LogP contribution in [0.15, 0.2) is 35.6 Å². The number of imidazole rings is 1. The molecule has 0 aliphatic carbocycles. The minimum atomic E-state index is -0.561. The molecule has 0 unspecified atom stereocenters. The van der Waals surface area contributed by atoms with E-state index < -0.39 is 5.91 Å². The average Bonchev–Trinajstić information content (AvgIpc) is 3.02. The smallest absolute Gasteiger partial charge is 0.254 e. The number of primary amides is 1. The molecule has 0 atom stereocenters. The topological polar surface area (TPSA) is 89.3 Å². The molecule has 0 aliphatic heterocycles. The Labute approximate surface area is 102 Å². The van der Waals surface area contributed by atoms with Crippen LogP contribution in [0.1, 0.15) is 16.1 Å². The van der Waals surface area contributed by atoms with Crippen LogP contribution in [0.25, 0.3) is 23.2 Å². The van der Waals surface area contributed by atoms with E-state index in [2.05, 4.69) is 16.7 Å². The second kappa shape index (κ2) is 3.63. The summed E-state index contributed by atoms with van der Waals surface area (Å²) in [6, 6.07) is 3.48. The third kappa shape index (κ3) is 1.36. The molecule has 3 aromatic rings. The molecule has 3 heterocycles. The van der Waals surface area contributed by atoms with E-state index in [9.17, 15) is 4.79 Å². The summed E-state index contributed by atoms with van der Waals surface area (Å²) in [5.41, 5.74) is 7.35. The number of nitrogens with two attached hydrogens (primary N) is 1. The van der Waals surface area contributed by atoms with Crippen LogP contribution in [0, 0.1) is 0 Å². The van der Waals surface area contributed by atoms with Gasteiger partial charge in [0.2, 0.25) is 0 Å². The van der Waals surface area contributed by atoms with Crippen molar-refractivity contribution < 1.29 is 9.21 Å². The van der Waals surface area contributed by atoms with Crippen LogP contribution in [-0.2, 0) is 0 Å². The van der Waals surface area contributed by atoms with Gasteiger partial charge in [-0.1, -0.05) is 6.58 Å². The lowest BCUT2D eigenvalue weighted by Crippen LogP contribution is -2.11. The van der Waals surface area contributed by atoms with E-state index in [4.69, 9.17) is 10.2 Å². The lowest BCUT2D eigenvalue weighted by atomic mass is 10.2. The van der Waals surface area contributed by atoms with E-state index in [1.165, 1.54) is 6.26 Å². The van der Waals surface area contributed by atoms with Crippen LogP contribution in [-0.4, -0.2) is 20.5 Å². The van der Waals surface area contributed by atoms with Gasteiger partial charge in [-0.2, -0.15) is 0 Å². The summed E-state index contributed by atoms with van der Waals surface area (Å²) < 4.78 is 6.89. The Bertz CT molecular complexity index is 734. The highest BCUT2D eigenvalue weighted by Gasteiger charge is 2.21. The Balaban J connectivity index is 2.32. The number of carbonyl (C=O) groups is 1. The predicted molar refractivity (Wildman–Crippen MR) is 65.9 cm³/mol. The summed E-state index contributed by atoms with van der Waals surface area (Å²) in [6.45, 7) is 3.63. The Morgan fingerprint density at radius 1 is 1.61 bits per heavy atom. The molecule has 90 valence electrons. The highest BCUT2D eigenvalue weighted by atomic mass is 16.3. The molecule has 0 saturated heterocycles. The monoisotopic (exact) mass is 242 g/mol. The van der Waals surface area contributed by atoms with Crippen molar-refractivity contribution in [2.45, 2.75) is 0 Å². The maximum atomic E-state index is 11.6. The number of furan rings is 1. The van der Waals surface area contributed by atoms with Gasteiger partial charge in [-0.15, -0.1) is 0 Å². The normalized spacial score (nSPS) is 10.9. The van der Waals surface area contributed by atoms with Gasteiger partial charge in [0.05, 0.1) is 18.2 Å². The number of amides is 1. The Hall–Kier alpha value is -2.76. The molecule has 0 bridgehead atoms. The molecule has 3 N–H and O–H groups in total. The van der Waals surface area contributed by atoms with E-state index in [1.54, 1.807) is 28.9 Å². The van der Waals surface area contributed by atoms with Crippen molar-refractivity contribution in [1.29, 1.82) is 0 Å². The van der Waals surface area contributed by atoms with Crippen LogP contribution in [0.4, 0.5) is 0 Å². The highest BCUT2D eigenvalue weighted by Crippen LogP contribution is 2.26. The molecule has 0 radical (unpaired) electrons. The zero-order valence-electron chi connectivity index (χ0n) is 9.38. The summed E-state index contributed by atoms with van der Waals surface area (Å²) in [6.07, 6.45) is 4.85. The number of nitrogens with one attached hydrogen (secondary N) is 1. The van der Waals surface area contributed by atoms with Crippen molar-refractivity contribution in [2.75, 3.05) is 0 Å². The molecule has 0 aromatic carbocycles. The van der Waals surface area contributed by atoms with Crippen LogP contribution < -0.4 is 5.73 Å². The number of aromatic amines is 1. The van der Waals surface area contributed by atoms with Gasteiger partial charge in [-0.3, -0.25) is 9.89 Å². The van der Waals surface area contributed by atoms with Crippen molar-refractivity contribution in [1.82, 2.24) is 14.6 Å². The number of rotatable bonds is 3. The fourth-order valence-electron chi connectivity index (χ4n) is 1.88. The molecule has 6 nitrogen and oxygen atoms in total. The quantitative estimate of drug-likeness (QED) is 0.732. The van der Waals surface area contributed by atoms with Gasteiger partial charge in [0.1, 0.15) is 11.3 Å². The van der Waals surface area contributed by atoms with Gasteiger partial charge in [-0.25, -0.2) is 9.50 Å². The zero-order chi connectivity index (χ0) is 12.7. The third-order valence-corrected chi connectivity index (χ3v) is 2.65. The predicted octanol–water partition coefficient (Wildman–Crippen LogP) is 1.66. The van der Waals surface area contributed by atoms with E-state index >= 15 is 0 Å². The zero-order valence-corrected chi connectivity index (χ0v) is 9.38. The van der Waals surface area contributed by atoms with Gasteiger partial charge in [-0.05, 0) is 18.2 Å². The van der Waals surface area contributed by atoms with Gasteiger partial charge in [0, 0.05) is 0 Å². The number of hydrogen-bond donors (Lipinski definition) is 2. The van der Waals surface area contributed by atoms with Crippen molar-refractivity contribution >= 4 is 17.6 Å². The Morgan fingerprint density at radius 2 is 2.44 bits per heavy atom. The van der Waals surface area contributed by atoms with Crippen molar-refractivity contribution in [3.8, 4) is 11.5 Å². The molecule has 0 saturated carbocycles. The van der Waals surface area contributed by atoms with Crippen molar-refractivity contribution in [3.63, 3.8) is 0 Å². The number of hydrogen-bond acceptors (Lipinski definition) is 3. The number of carbonyl (C=O) groups excluding carboxylic acids is 1. The van der Waals surface area contributed by atoms with Crippen molar-refractivity contribution in [2.24, 2.45) is 5.73 Å². The van der Waals surface area contributed by atoms with Gasteiger partial charge in [0.15, 0.2) is 11.4 Å². The van der Waals surface area contributed by atoms with Gasteiger partial charge in [0.25, 0.3) is 5.91 Å². The first-order chi connectivity index (χ1) is 8.70. The lowest BCUT2D eigenvalue weighted by molar-refractivity contribution is 0.100. The molecular formula is C12H10N4O2. The fraction of sp³-hybridized carbons (Fsp3) is 0. The Morgan fingerprint density at radius 3 is 3.06 bits per heavy atom.